The van der Waals surface area contributed by atoms with Crippen LogP contribution in [0, 0.1) is 23.2 Å². The Morgan fingerprint density at radius 2 is 1.02 bits per heavy atom. The fourth-order valence-corrected chi connectivity index (χ4v) is 5.59. The third-order valence-electron chi connectivity index (χ3n) is 9.60. The molecule has 7 amide bonds. The summed E-state index contributed by atoms with van der Waals surface area (Å²) in [5.41, 5.74) is 11.3. The van der Waals surface area contributed by atoms with Crippen molar-refractivity contribution in [3.63, 3.8) is 0 Å². The lowest BCUT2D eigenvalue weighted by Gasteiger charge is -2.30. The summed E-state index contributed by atoms with van der Waals surface area (Å²) in [4.78, 5) is 104. The minimum absolute atomic E-state index is 0.0652. The van der Waals surface area contributed by atoms with E-state index in [9.17, 15) is 58.8 Å². The Morgan fingerprint density at radius 3 is 1.45 bits per heavy atom. The molecular formula is C37H69N11O14. The smallest absolute Gasteiger partial charge is 0.328 e. The number of carboxylic acids is 1. The third kappa shape index (κ3) is 19.7. The van der Waals surface area contributed by atoms with Crippen LogP contribution in [0.25, 0.3) is 0 Å². The average Bonchev–Trinajstić information content (AvgIpc) is 3.20. The number of amides is 7. The summed E-state index contributed by atoms with van der Waals surface area (Å²) >= 11 is 0. The number of nitrogens with two attached hydrogens (primary N) is 2. The van der Waals surface area contributed by atoms with Crippen LogP contribution >= 0.6 is 0 Å². The molecule has 0 aliphatic rings. The maximum atomic E-state index is 13.9. The Labute approximate surface area is 360 Å². The van der Waals surface area contributed by atoms with Crippen molar-refractivity contribution >= 4 is 53.3 Å². The molecule has 0 heterocycles. The van der Waals surface area contributed by atoms with Crippen molar-refractivity contribution < 1.29 is 69.0 Å². The predicted molar refractivity (Wildman–Crippen MR) is 221 cm³/mol. The predicted octanol–water partition coefficient (Wildman–Crippen LogP) is -6.48. The van der Waals surface area contributed by atoms with Gasteiger partial charge in [0.05, 0.1) is 32.0 Å². The number of aliphatic hydroxyl groups excluding tert-OH is 5. The van der Waals surface area contributed by atoms with Gasteiger partial charge in [-0.1, -0.05) is 48.0 Å². The van der Waals surface area contributed by atoms with Crippen molar-refractivity contribution in [3.05, 3.63) is 0 Å². The van der Waals surface area contributed by atoms with Gasteiger partial charge < -0.3 is 84.6 Å². The van der Waals surface area contributed by atoms with Crippen molar-refractivity contribution in [2.24, 2.45) is 29.2 Å². The van der Waals surface area contributed by atoms with Crippen LogP contribution in [0.2, 0.25) is 0 Å². The van der Waals surface area contributed by atoms with Crippen molar-refractivity contribution in [1.29, 1.82) is 5.41 Å². The zero-order valence-electron chi connectivity index (χ0n) is 36.3. The van der Waals surface area contributed by atoms with Crippen LogP contribution < -0.4 is 54.0 Å². The van der Waals surface area contributed by atoms with Crippen molar-refractivity contribution in [3.8, 4) is 0 Å². The molecule has 11 atom stereocenters. The van der Waals surface area contributed by atoms with Crippen LogP contribution in [0.1, 0.15) is 74.1 Å². The molecule has 0 spiro atoms. The number of carbonyl (C=O) groups excluding carboxylic acids is 7. The Morgan fingerprint density at radius 1 is 0.597 bits per heavy atom. The molecule has 0 aliphatic carbocycles. The lowest BCUT2D eigenvalue weighted by molar-refractivity contribution is -0.143. The number of guanidine groups is 1. The Hall–Kier alpha value is -5.21. The van der Waals surface area contributed by atoms with Gasteiger partial charge in [-0.15, -0.1) is 0 Å². The monoisotopic (exact) mass is 892 g/mol. The molecule has 0 fully saturated rings. The lowest BCUT2D eigenvalue weighted by Crippen LogP contribution is -2.63. The molecule has 0 unspecified atom stereocenters. The van der Waals surface area contributed by atoms with Gasteiger partial charge >= 0.3 is 5.97 Å². The number of aliphatic hydroxyl groups is 5. The van der Waals surface area contributed by atoms with E-state index in [0.29, 0.717) is 0 Å². The summed E-state index contributed by atoms with van der Waals surface area (Å²) in [5.74, 6) is -10.2. The highest BCUT2D eigenvalue weighted by molar-refractivity contribution is 5.98. The number of carbonyl (C=O) groups is 8. The Balaban J connectivity index is 6.36. The standard InChI is InChI=1S/C37H69N11O14/c1-8-18(6)26(34(59)48-27(19(7)52)35(60)45-23(14-50)31(56)44-22(13-49)32(57)46-24(15-51)36(61)62)47-29(54)20(10-9-11-41-37(39)40)42-30(55)21(12-16(2)3)43-33(58)25(38)28(53)17(4)5/h16-28,49-53H,8-15,38H2,1-7H3,(H,42,55)(H,43,58)(H,44,56)(H,45,60)(H,46,57)(H,47,54)(H,48,59)(H,61,62)(H4,39,40,41)/t18-,19-,20+,21-,22-,23+,24-,25-,26-,27-,28+/m0/s1. The maximum Gasteiger partial charge on any atom is 0.328 e. The van der Waals surface area contributed by atoms with E-state index in [0.717, 1.165) is 6.92 Å². The van der Waals surface area contributed by atoms with E-state index in [1.165, 1.54) is 0 Å². The number of aliphatic carboxylic acids is 1. The van der Waals surface area contributed by atoms with E-state index in [4.69, 9.17) is 27.1 Å². The van der Waals surface area contributed by atoms with Crippen LogP contribution in [0.3, 0.4) is 0 Å². The largest absolute Gasteiger partial charge is 0.480 e. The first-order valence-electron chi connectivity index (χ1n) is 20.2. The minimum atomic E-state index is -1.84. The topological polar surface area (TPSA) is 430 Å². The second-order valence-corrected chi connectivity index (χ2v) is 15.7. The van der Waals surface area contributed by atoms with E-state index in [2.05, 4.69) is 31.9 Å². The third-order valence-corrected chi connectivity index (χ3v) is 9.60. The number of carboxylic acid groups (broad SMARTS) is 1. The van der Waals surface area contributed by atoms with Crippen LogP contribution in [0.15, 0.2) is 0 Å². The molecule has 25 heteroatoms. The molecule has 0 bridgehead atoms. The van der Waals surface area contributed by atoms with Gasteiger partial charge in [-0.05, 0) is 43.9 Å². The molecule has 0 aromatic rings. The van der Waals surface area contributed by atoms with E-state index in [1.54, 1.807) is 41.5 Å². The highest BCUT2D eigenvalue weighted by Gasteiger charge is 2.37. The zero-order valence-corrected chi connectivity index (χ0v) is 36.3. The second-order valence-electron chi connectivity index (χ2n) is 15.7. The van der Waals surface area contributed by atoms with Crippen molar-refractivity contribution in [2.45, 2.75) is 135 Å². The Bertz CT molecular complexity index is 1520. The number of nitrogens with one attached hydrogen (secondary N) is 9. The molecule has 0 radical (unpaired) electrons. The summed E-state index contributed by atoms with van der Waals surface area (Å²) in [6.07, 6.45) is -2.37. The van der Waals surface area contributed by atoms with Crippen LogP contribution in [-0.4, -0.2) is 171 Å². The normalized spacial score (nSPS) is 16.6. The summed E-state index contributed by atoms with van der Waals surface area (Å²) in [6.45, 7) is 8.22. The van der Waals surface area contributed by atoms with Gasteiger partial charge in [0.2, 0.25) is 41.4 Å². The summed E-state index contributed by atoms with van der Waals surface area (Å²) in [7, 11) is 0. The highest BCUT2D eigenvalue weighted by atomic mass is 16.4. The summed E-state index contributed by atoms with van der Waals surface area (Å²) in [6, 6.07) is -12.6. The van der Waals surface area contributed by atoms with E-state index < -0.39 is 134 Å². The molecule has 0 aliphatic heterocycles. The molecule has 62 heavy (non-hydrogen) atoms. The molecule has 0 aromatic heterocycles. The number of rotatable bonds is 29. The molecule has 25 nitrogen and oxygen atoms in total. The zero-order chi connectivity index (χ0) is 48.0. The van der Waals surface area contributed by atoms with E-state index >= 15 is 0 Å². The number of hydrogen-bond acceptors (Lipinski definition) is 15. The van der Waals surface area contributed by atoms with Crippen molar-refractivity contribution in [2.75, 3.05) is 26.4 Å². The van der Waals surface area contributed by atoms with Gasteiger partial charge in [-0.3, -0.25) is 39.0 Å². The minimum Gasteiger partial charge on any atom is -0.480 e. The van der Waals surface area contributed by atoms with Crippen molar-refractivity contribution in [1.82, 2.24) is 42.5 Å². The second kappa shape index (κ2) is 28.4. The Kier molecular flexibility index (Phi) is 26.0. The fourth-order valence-electron chi connectivity index (χ4n) is 5.59. The average molecular weight is 892 g/mol. The maximum absolute atomic E-state index is 13.9. The first-order valence-corrected chi connectivity index (χ1v) is 20.2. The number of hydrogen-bond donors (Lipinski definition) is 17. The molecule has 19 N–H and O–H groups in total. The molecule has 0 aromatic carbocycles. The van der Waals surface area contributed by atoms with E-state index in [-0.39, 0.29) is 50.0 Å². The quantitative estimate of drug-likeness (QED) is 0.0189. The molecule has 0 saturated carbocycles. The molecule has 0 saturated heterocycles. The van der Waals surface area contributed by atoms with Gasteiger partial charge in [-0.25, -0.2) is 4.79 Å². The van der Waals surface area contributed by atoms with Gasteiger partial charge in [0.1, 0.15) is 48.3 Å². The van der Waals surface area contributed by atoms with Gasteiger partial charge in [0.15, 0.2) is 5.96 Å². The summed E-state index contributed by atoms with van der Waals surface area (Å²) < 4.78 is 0. The molecule has 356 valence electrons. The fraction of sp³-hybridized carbons (Fsp3) is 0.757. The first-order chi connectivity index (χ1) is 28.9. The first kappa shape index (κ1) is 56.8. The summed E-state index contributed by atoms with van der Waals surface area (Å²) in [5, 5.41) is 84.7. The van der Waals surface area contributed by atoms with Gasteiger partial charge in [-0.2, -0.15) is 0 Å². The van der Waals surface area contributed by atoms with Gasteiger partial charge in [0, 0.05) is 6.54 Å². The lowest BCUT2D eigenvalue weighted by atomic mass is 9.96. The highest BCUT2D eigenvalue weighted by Crippen LogP contribution is 2.13. The molecule has 0 rings (SSSR count). The molecular weight excluding hydrogens is 822 g/mol. The van der Waals surface area contributed by atoms with Crippen LogP contribution in [0.4, 0.5) is 0 Å². The van der Waals surface area contributed by atoms with Gasteiger partial charge in [0.25, 0.3) is 0 Å². The van der Waals surface area contributed by atoms with Crippen LogP contribution in [0.5, 0.6) is 0 Å². The van der Waals surface area contributed by atoms with Crippen LogP contribution in [-0.2, 0) is 38.4 Å². The van der Waals surface area contributed by atoms with E-state index in [1.807, 2.05) is 10.6 Å². The SMILES string of the molecule is CC[C@H](C)[C@H](NC(=O)[C@@H](CCCNC(=N)N)NC(=O)[C@H](CC(C)C)NC(=O)[C@@H](N)[C@H](O)C(C)C)C(=O)N[C@H](C(=O)N[C@H](CO)C(=O)N[C@@H](CO)C(=O)N[C@@H](CO)C(=O)O)[C@H](C)O.